The molecule has 2 aromatic rings. The minimum atomic E-state index is -0.178. The molecule has 2 rings (SSSR count). The van der Waals surface area contributed by atoms with E-state index in [2.05, 4.69) is 11.4 Å². The van der Waals surface area contributed by atoms with Crippen molar-refractivity contribution >= 4 is 5.69 Å². The average Bonchev–Trinajstić information content (AvgIpc) is 2.48. The van der Waals surface area contributed by atoms with Crippen LogP contribution in [0.15, 0.2) is 42.5 Å². The Kier molecular flexibility index (Phi) is 4.91. The van der Waals surface area contributed by atoms with Crippen molar-refractivity contribution in [1.29, 1.82) is 5.26 Å². The van der Waals surface area contributed by atoms with Gasteiger partial charge in [-0.1, -0.05) is 12.1 Å². The summed E-state index contributed by atoms with van der Waals surface area (Å²) in [6, 6.07) is 14.6. The summed E-state index contributed by atoms with van der Waals surface area (Å²) in [5, 5.41) is 12.0. The fourth-order valence-corrected chi connectivity index (χ4v) is 2.04. The van der Waals surface area contributed by atoms with Crippen LogP contribution in [0.4, 0.5) is 10.1 Å². The Morgan fingerprint density at radius 1 is 1.14 bits per heavy atom. The second-order valence-corrected chi connectivity index (χ2v) is 5.21. The van der Waals surface area contributed by atoms with Gasteiger partial charge in [0.25, 0.3) is 0 Å². The van der Waals surface area contributed by atoms with E-state index in [4.69, 9.17) is 5.26 Å². The summed E-state index contributed by atoms with van der Waals surface area (Å²) >= 11 is 0. The standard InChI is InChI=1S/C17H18FN3/c1-21(2)12-15-6-3-14(9-17(15)18)11-20-16-7-4-13(10-19)5-8-16/h3-9,20H,11-12H2,1-2H3. The Labute approximate surface area is 124 Å². The molecular formula is C17H18FN3. The third-order valence-corrected chi connectivity index (χ3v) is 3.11. The van der Waals surface area contributed by atoms with Gasteiger partial charge in [-0.25, -0.2) is 4.39 Å². The normalized spacial score (nSPS) is 10.4. The molecule has 0 fully saturated rings. The number of nitrogens with one attached hydrogen (secondary N) is 1. The van der Waals surface area contributed by atoms with Crippen LogP contribution < -0.4 is 5.32 Å². The van der Waals surface area contributed by atoms with E-state index in [1.54, 1.807) is 18.2 Å². The van der Waals surface area contributed by atoms with Gasteiger partial charge in [0.2, 0.25) is 0 Å². The van der Waals surface area contributed by atoms with Crippen LogP contribution in [0, 0.1) is 17.1 Å². The molecular weight excluding hydrogens is 265 g/mol. The van der Waals surface area contributed by atoms with Gasteiger partial charge < -0.3 is 10.2 Å². The van der Waals surface area contributed by atoms with Gasteiger partial charge in [0.05, 0.1) is 11.6 Å². The first-order valence-electron chi connectivity index (χ1n) is 6.74. The van der Waals surface area contributed by atoms with E-state index in [1.807, 2.05) is 43.3 Å². The van der Waals surface area contributed by atoms with E-state index in [9.17, 15) is 4.39 Å². The van der Waals surface area contributed by atoms with Crippen LogP contribution in [0.5, 0.6) is 0 Å². The van der Waals surface area contributed by atoms with Crippen molar-refractivity contribution in [2.24, 2.45) is 0 Å². The second-order valence-electron chi connectivity index (χ2n) is 5.21. The Hall–Kier alpha value is -2.38. The number of rotatable bonds is 5. The van der Waals surface area contributed by atoms with Gasteiger partial charge in [0.15, 0.2) is 0 Å². The number of hydrogen-bond donors (Lipinski definition) is 1. The molecule has 0 aliphatic heterocycles. The van der Waals surface area contributed by atoms with Crippen molar-refractivity contribution in [2.75, 3.05) is 19.4 Å². The molecule has 0 saturated carbocycles. The van der Waals surface area contributed by atoms with Gasteiger partial charge in [0, 0.05) is 24.3 Å². The monoisotopic (exact) mass is 283 g/mol. The van der Waals surface area contributed by atoms with Crippen molar-refractivity contribution < 1.29 is 4.39 Å². The van der Waals surface area contributed by atoms with Crippen LogP contribution >= 0.6 is 0 Å². The van der Waals surface area contributed by atoms with E-state index in [1.165, 1.54) is 0 Å². The van der Waals surface area contributed by atoms with Gasteiger partial charge in [-0.3, -0.25) is 0 Å². The summed E-state index contributed by atoms with van der Waals surface area (Å²) in [5.41, 5.74) is 3.12. The summed E-state index contributed by atoms with van der Waals surface area (Å²) in [7, 11) is 3.83. The van der Waals surface area contributed by atoms with E-state index in [0.717, 1.165) is 11.3 Å². The van der Waals surface area contributed by atoms with Crippen molar-refractivity contribution in [3.05, 3.63) is 65.0 Å². The Morgan fingerprint density at radius 2 is 1.86 bits per heavy atom. The number of nitrogens with zero attached hydrogens (tertiary/aromatic N) is 2. The molecule has 0 aliphatic carbocycles. The predicted octanol–water partition coefficient (Wildman–Crippen LogP) is 3.37. The molecule has 0 unspecified atom stereocenters. The zero-order chi connectivity index (χ0) is 15.2. The minimum Gasteiger partial charge on any atom is -0.381 e. The maximum Gasteiger partial charge on any atom is 0.128 e. The van der Waals surface area contributed by atoms with Crippen LogP contribution in [0.2, 0.25) is 0 Å². The SMILES string of the molecule is CN(C)Cc1ccc(CNc2ccc(C#N)cc2)cc1F. The summed E-state index contributed by atoms with van der Waals surface area (Å²) in [6.07, 6.45) is 0. The molecule has 108 valence electrons. The maximum absolute atomic E-state index is 13.9. The number of hydrogen-bond acceptors (Lipinski definition) is 3. The molecule has 1 N–H and O–H groups in total. The molecule has 0 aromatic heterocycles. The second kappa shape index (κ2) is 6.87. The molecule has 2 aromatic carbocycles. The molecule has 0 radical (unpaired) electrons. The van der Waals surface area contributed by atoms with Crippen LogP contribution in [0.25, 0.3) is 0 Å². The fourth-order valence-electron chi connectivity index (χ4n) is 2.04. The third-order valence-electron chi connectivity index (χ3n) is 3.11. The van der Waals surface area contributed by atoms with E-state index >= 15 is 0 Å². The number of benzene rings is 2. The van der Waals surface area contributed by atoms with E-state index < -0.39 is 0 Å². The third kappa shape index (κ3) is 4.30. The minimum absolute atomic E-state index is 0.178. The fraction of sp³-hybridized carbons (Fsp3) is 0.235. The van der Waals surface area contributed by atoms with E-state index in [-0.39, 0.29) is 5.82 Å². The van der Waals surface area contributed by atoms with Crippen molar-refractivity contribution in [1.82, 2.24) is 4.90 Å². The lowest BCUT2D eigenvalue weighted by Gasteiger charge is -2.12. The Morgan fingerprint density at radius 3 is 2.43 bits per heavy atom. The van der Waals surface area contributed by atoms with Gasteiger partial charge in [-0.15, -0.1) is 0 Å². The summed E-state index contributed by atoms with van der Waals surface area (Å²) in [4.78, 5) is 1.94. The smallest absolute Gasteiger partial charge is 0.128 e. The average molecular weight is 283 g/mol. The zero-order valence-corrected chi connectivity index (χ0v) is 12.2. The highest BCUT2D eigenvalue weighted by atomic mass is 19.1. The quantitative estimate of drug-likeness (QED) is 0.914. The molecule has 0 amide bonds. The van der Waals surface area contributed by atoms with Gasteiger partial charge in [0.1, 0.15) is 5.82 Å². The van der Waals surface area contributed by atoms with Crippen molar-refractivity contribution in [3.63, 3.8) is 0 Å². The molecule has 0 heterocycles. The number of anilines is 1. The van der Waals surface area contributed by atoms with Crippen LogP contribution in [0.3, 0.4) is 0 Å². The first-order chi connectivity index (χ1) is 10.1. The first-order valence-corrected chi connectivity index (χ1v) is 6.74. The zero-order valence-electron chi connectivity index (χ0n) is 12.2. The van der Waals surface area contributed by atoms with Crippen molar-refractivity contribution in [2.45, 2.75) is 13.1 Å². The Bertz CT molecular complexity index is 642. The highest BCUT2D eigenvalue weighted by molar-refractivity contribution is 5.47. The predicted molar refractivity (Wildman–Crippen MR) is 82.3 cm³/mol. The highest BCUT2D eigenvalue weighted by Crippen LogP contribution is 2.14. The molecule has 4 heteroatoms. The molecule has 0 atom stereocenters. The first kappa shape index (κ1) is 15.0. The topological polar surface area (TPSA) is 39.1 Å². The van der Waals surface area contributed by atoms with Crippen molar-refractivity contribution in [3.8, 4) is 6.07 Å². The van der Waals surface area contributed by atoms with Crippen LogP contribution in [-0.2, 0) is 13.1 Å². The summed E-state index contributed by atoms with van der Waals surface area (Å²) < 4.78 is 13.9. The van der Waals surface area contributed by atoms with Gasteiger partial charge in [-0.05, 0) is 50.0 Å². The maximum atomic E-state index is 13.9. The molecule has 0 aliphatic rings. The lowest BCUT2D eigenvalue weighted by atomic mass is 10.1. The van der Waals surface area contributed by atoms with Gasteiger partial charge >= 0.3 is 0 Å². The molecule has 0 bridgehead atoms. The highest BCUT2D eigenvalue weighted by Gasteiger charge is 2.05. The number of nitriles is 1. The van der Waals surface area contributed by atoms with E-state index in [0.29, 0.717) is 24.2 Å². The molecule has 0 spiro atoms. The molecule has 3 nitrogen and oxygen atoms in total. The van der Waals surface area contributed by atoms with Gasteiger partial charge in [-0.2, -0.15) is 5.26 Å². The largest absolute Gasteiger partial charge is 0.381 e. The molecule has 0 saturated heterocycles. The summed E-state index contributed by atoms with van der Waals surface area (Å²) in [6.45, 7) is 1.14. The van der Waals surface area contributed by atoms with Crippen LogP contribution in [-0.4, -0.2) is 19.0 Å². The Balaban J connectivity index is 2.00. The van der Waals surface area contributed by atoms with Crippen LogP contribution in [0.1, 0.15) is 16.7 Å². The summed E-state index contributed by atoms with van der Waals surface area (Å²) in [5.74, 6) is -0.178. The molecule has 21 heavy (non-hydrogen) atoms. The number of halogens is 1. The lowest BCUT2D eigenvalue weighted by Crippen LogP contribution is -2.12. The lowest BCUT2D eigenvalue weighted by molar-refractivity contribution is 0.392.